The fraction of sp³-hybridized carbons (Fsp3) is 0.500. The van der Waals surface area contributed by atoms with Crippen LogP contribution in [0.2, 0.25) is 0 Å². The average Bonchev–Trinajstić information content (AvgIpc) is 3.12. The predicted octanol–water partition coefficient (Wildman–Crippen LogP) is 1.27. The average molecular weight is 326 g/mol. The normalized spacial score (nSPS) is 17.8. The maximum Gasteiger partial charge on any atom is 0.371 e. The van der Waals surface area contributed by atoms with Gasteiger partial charge in [-0.3, -0.25) is 9.59 Å². The van der Waals surface area contributed by atoms with Gasteiger partial charge >= 0.3 is 5.97 Å². The van der Waals surface area contributed by atoms with Gasteiger partial charge in [0.05, 0.1) is 5.88 Å². The number of carboxylic acids is 1. The van der Waals surface area contributed by atoms with Crippen molar-refractivity contribution in [3.8, 4) is 0 Å². The van der Waals surface area contributed by atoms with Crippen molar-refractivity contribution in [2.45, 2.75) is 19.9 Å². The number of hydrogen-bond acceptors (Lipinski definition) is 5. The van der Waals surface area contributed by atoms with Gasteiger partial charge in [0.25, 0.3) is 5.91 Å². The predicted molar refractivity (Wildman–Crippen MR) is 80.8 cm³/mol. The summed E-state index contributed by atoms with van der Waals surface area (Å²) in [6, 6.07) is 1.99. The third-order valence-electron chi connectivity index (χ3n) is 3.16. The molecule has 7 nitrogen and oxygen atoms in total. The number of carbonyl (C=O) groups is 3. The molecule has 2 heterocycles. The van der Waals surface area contributed by atoms with Crippen LogP contribution in [0.3, 0.4) is 0 Å². The van der Waals surface area contributed by atoms with E-state index < -0.39 is 17.9 Å². The number of furan rings is 1. The molecule has 0 aromatic carbocycles. The molecule has 2 rings (SSSR count). The van der Waals surface area contributed by atoms with Crippen molar-refractivity contribution in [2.24, 2.45) is 5.92 Å². The summed E-state index contributed by atoms with van der Waals surface area (Å²) in [5.41, 5.74) is 0. The van der Waals surface area contributed by atoms with Crippen LogP contribution in [0.25, 0.3) is 0 Å². The van der Waals surface area contributed by atoms with Crippen LogP contribution in [0, 0.1) is 5.92 Å². The van der Waals surface area contributed by atoms with E-state index in [-0.39, 0.29) is 17.4 Å². The molecule has 0 spiro atoms. The van der Waals surface area contributed by atoms with E-state index in [9.17, 15) is 14.4 Å². The second-order valence-corrected chi connectivity index (χ2v) is 6.40. The first-order chi connectivity index (χ1) is 10.4. The van der Waals surface area contributed by atoms with E-state index in [0.717, 1.165) is 0 Å². The van der Waals surface area contributed by atoms with Crippen molar-refractivity contribution in [1.29, 1.82) is 0 Å². The summed E-state index contributed by atoms with van der Waals surface area (Å²) in [5, 5.41) is 11.6. The van der Waals surface area contributed by atoms with Crippen LogP contribution in [0.5, 0.6) is 0 Å². The van der Waals surface area contributed by atoms with Gasteiger partial charge in [0.2, 0.25) is 11.7 Å². The first-order valence-corrected chi connectivity index (χ1v) is 8.05. The van der Waals surface area contributed by atoms with Gasteiger partial charge in [0, 0.05) is 12.3 Å². The lowest BCUT2D eigenvalue weighted by atomic mass is 10.2. The van der Waals surface area contributed by atoms with Crippen LogP contribution >= 0.6 is 11.8 Å². The number of carboxylic acid groups (broad SMARTS) is 1. The quantitative estimate of drug-likeness (QED) is 0.845. The molecule has 0 radical (unpaired) electrons. The molecule has 1 aromatic heterocycles. The fourth-order valence-electron chi connectivity index (χ4n) is 1.99. The Labute approximate surface area is 132 Å². The molecule has 0 aliphatic carbocycles. The van der Waals surface area contributed by atoms with Crippen LogP contribution < -0.4 is 5.32 Å². The highest BCUT2D eigenvalue weighted by Crippen LogP contribution is 2.24. The first-order valence-electron chi connectivity index (χ1n) is 6.89. The third-order valence-corrected chi connectivity index (χ3v) is 4.17. The molecule has 2 amide bonds. The summed E-state index contributed by atoms with van der Waals surface area (Å²) in [4.78, 5) is 36.7. The molecule has 1 aliphatic heterocycles. The summed E-state index contributed by atoms with van der Waals surface area (Å²) in [6.07, 6.45) is 0. The van der Waals surface area contributed by atoms with Crippen LogP contribution in [0.1, 0.15) is 35.0 Å². The molecule has 120 valence electrons. The molecular formula is C14H18N2O5S. The molecule has 1 unspecified atom stereocenters. The Morgan fingerprint density at radius 3 is 2.68 bits per heavy atom. The van der Waals surface area contributed by atoms with Gasteiger partial charge in [-0.15, -0.1) is 11.8 Å². The molecule has 1 saturated heterocycles. The van der Waals surface area contributed by atoms with E-state index in [0.29, 0.717) is 24.1 Å². The molecule has 2 N–H and O–H groups in total. The monoisotopic (exact) mass is 326 g/mol. The highest BCUT2D eigenvalue weighted by Gasteiger charge is 2.36. The zero-order valence-corrected chi connectivity index (χ0v) is 13.2. The molecule has 22 heavy (non-hydrogen) atoms. The lowest BCUT2D eigenvalue weighted by molar-refractivity contribution is -0.124. The first kappa shape index (κ1) is 16.4. The Hall–Kier alpha value is -1.96. The molecule has 1 atom stereocenters. The minimum Gasteiger partial charge on any atom is -0.475 e. The summed E-state index contributed by atoms with van der Waals surface area (Å²) in [6.45, 7) is 4.53. The summed E-state index contributed by atoms with van der Waals surface area (Å²) in [5.74, 6) is -1.05. The second-order valence-electron chi connectivity index (χ2n) is 5.40. The van der Waals surface area contributed by atoms with Crippen LogP contribution in [0.15, 0.2) is 16.5 Å². The van der Waals surface area contributed by atoms with Crippen molar-refractivity contribution in [3.63, 3.8) is 0 Å². The second kappa shape index (κ2) is 6.87. The largest absolute Gasteiger partial charge is 0.475 e. The summed E-state index contributed by atoms with van der Waals surface area (Å²) < 4.78 is 5.01. The van der Waals surface area contributed by atoms with Gasteiger partial charge in [-0.25, -0.2) is 4.79 Å². The minimum atomic E-state index is -1.24. The van der Waals surface area contributed by atoms with Gasteiger partial charge < -0.3 is 19.7 Å². The zero-order valence-electron chi connectivity index (χ0n) is 12.4. The van der Waals surface area contributed by atoms with Crippen molar-refractivity contribution in [1.82, 2.24) is 10.2 Å². The number of amides is 2. The molecule has 1 aromatic rings. The third kappa shape index (κ3) is 3.62. The van der Waals surface area contributed by atoms with E-state index in [1.165, 1.54) is 28.8 Å². The molecule has 1 fully saturated rings. The Morgan fingerprint density at radius 1 is 1.41 bits per heavy atom. The maximum atomic E-state index is 12.4. The Kier molecular flexibility index (Phi) is 5.12. The van der Waals surface area contributed by atoms with Gasteiger partial charge in [-0.05, 0) is 18.1 Å². The number of aromatic carboxylic acids is 1. The van der Waals surface area contributed by atoms with E-state index in [1.807, 2.05) is 13.8 Å². The lowest BCUT2D eigenvalue weighted by Gasteiger charge is -2.22. The molecule has 0 saturated carbocycles. The van der Waals surface area contributed by atoms with E-state index in [1.54, 1.807) is 0 Å². The van der Waals surface area contributed by atoms with E-state index in [4.69, 9.17) is 9.52 Å². The maximum absolute atomic E-state index is 12.4. The summed E-state index contributed by atoms with van der Waals surface area (Å²) >= 11 is 1.48. The topological polar surface area (TPSA) is 99.9 Å². The summed E-state index contributed by atoms with van der Waals surface area (Å²) in [7, 11) is 0. The van der Waals surface area contributed by atoms with Gasteiger partial charge in [-0.2, -0.15) is 0 Å². The number of carbonyl (C=O) groups excluding carboxylic acids is 2. The van der Waals surface area contributed by atoms with Crippen LogP contribution in [0.4, 0.5) is 0 Å². The lowest BCUT2D eigenvalue weighted by Crippen LogP contribution is -2.47. The van der Waals surface area contributed by atoms with Crippen LogP contribution in [-0.4, -0.2) is 52.0 Å². The molecular weight excluding hydrogens is 308 g/mol. The molecule has 1 aliphatic rings. The highest BCUT2D eigenvalue weighted by molar-refractivity contribution is 7.99. The van der Waals surface area contributed by atoms with Crippen LogP contribution in [-0.2, 0) is 4.79 Å². The van der Waals surface area contributed by atoms with Crippen molar-refractivity contribution < 1.29 is 23.9 Å². The number of thioether (sulfide) groups is 1. The van der Waals surface area contributed by atoms with Gasteiger partial charge in [0.1, 0.15) is 6.04 Å². The van der Waals surface area contributed by atoms with Crippen molar-refractivity contribution in [3.05, 3.63) is 23.7 Å². The van der Waals surface area contributed by atoms with Crippen molar-refractivity contribution >= 4 is 29.5 Å². The minimum absolute atomic E-state index is 0.0680. The SMILES string of the molecule is CC(C)CNC(=O)C1CSCN1C(=O)c1ccc(C(=O)O)o1. The number of nitrogens with one attached hydrogen (secondary N) is 1. The smallest absolute Gasteiger partial charge is 0.371 e. The van der Waals surface area contributed by atoms with E-state index in [2.05, 4.69) is 5.32 Å². The Bertz CT molecular complexity index is 584. The highest BCUT2D eigenvalue weighted by atomic mass is 32.2. The Balaban J connectivity index is 2.07. The number of hydrogen-bond donors (Lipinski definition) is 2. The fourth-order valence-corrected chi connectivity index (χ4v) is 3.15. The zero-order chi connectivity index (χ0) is 16.3. The van der Waals surface area contributed by atoms with E-state index >= 15 is 0 Å². The Morgan fingerprint density at radius 2 is 2.09 bits per heavy atom. The molecule has 0 bridgehead atoms. The standard InChI is InChI=1S/C14H18N2O5S/c1-8(2)5-15-12(17)9-6-22-7-16(9)13(18)10-3-4-11(21-10)14(19)20/h3-4,8-9H,5-7H2,1-2H3,(H,15,17)(H,19,20). The number of rotatable bonds is 5. The van der Waals surface area contributed by atoms with Gasteiger partial charge in [0.15, 0.2) is 5.76 Å². The molecule has 8 heteroatoms. The van der Waals surface area contributed by atoms with Crippen molar-refractivity contribution in [2.75, 3.05) is 18.2 Å². The number of nitrogens with zero attached hydrogens (tertiary/aromatic N) is 1. The van der Waals surface area contributed by atoms with Gasteiger partial charge in [-0.1, -0.05) is 13.8 Å².